The lowest BCUT2D eigenvalue weighted by atomic mass is 10.2. The summed E-state index contributed by atoms with van der Waals surface area (Å²) in [6.07, 6.45) is 0. The van der Waals surface area contributed by atoms with E-state index in [1.807, 2.05) is 24.3 Å². The zero-order valence-corrected chi connectivity index (χ0v) is 12.8. The molecular weight excluding hydrogens is 286 g/mol. The molecule has 0 radical (unpaired) electrons. The maximum Gasteiger partial charge on any atom is 0.141 e. The van der Waals surface area contributed by atoms with Gasteiger partial charge in [-0.1, -0.05) is 24.4 Å². The van der Waals surface area contributed by atoms with E-state index in [2.05, 4.69) is 0 Å². The zero-order valence-electron chi connectivity index (χ0n) is 12.0. The average Bonchev–Trinajstić information content (AvgIpc) is 2.47. The van der Waals surface area contributed by atoms with E-state index in [1.54, 1.807) is 32.4 Å². The molecule has 110 valence electrons. The van der Waals surface area contributed by atoms with Crippen molar-refractivity contribution in [3.8, 4) is 17.2 Å². The van der Waals surface area contributed by atoms with E-state index in [0.717, 1.165) is 5.56 Å². The molecule has 0 unspecified atom stereocenters. The maximum atomic E-state index is 5.90. The standard InChI is InChI=1S/C16H17NO3S/c1-18-10-11-4-3-5-13(8-11)20-15-9-12(19-2)6-7-14(15)16(17)21/h3-9H,10H2,1-2H3,(H2,17,21). The van der Waals surface area contributed by atoms with Crippen molar-refractivity contribution in [1.82, 2.24) is 0 Å². The molecule has 21 heavy (non-hydrogen) atoms. The van der Waals surface area contributed by atoms with Crippen LogP contribution in [-0.2, 0) is 11.3 Å². The van der Waals surface area contributed by atoms with Gasteiger partial charge >= 0.3 is 0 Å². The van der Waals surface area contributed by atoms with Crippen LogP contribution in [0.3, 0.4) is 0 Å². The normalized spacial score (nSPS) is 10.2. The van der Waals surface area contributed by atoms with Gasteiger partial charge in [-0.15, -0.1) is 0 Å². The molecule has 0 saturated carbocycles. The molecule has 0 amide bonds. The molecule has 0 heterocycles. The monoisotopic (exact) mass is 303 g/mol. The Labute approximate surface area is 129 Å². The Hall–Kier alpha value is -2.11. The van der Waals surface area contributed by atoms with Gasteiger partial charge in [0, 0.05) is 13.2 Å². The highest BCUT2D eigenvalue weighted by Crippen LogP contribution is 2.30. The molecule has 2 N–H and O–H groups in total. The lowest BCUT2D eigenvalue weighted by Crippen LogP contribution is -2.10. The number of rotatable bonds is 6. The topological polar surface area (TPSA) is 53.7 Å². The molecule has 5 heteroatoms. The van der Waals surface area contributed by atoms with E-state index in [9.17, 15) is 0 Å². The molecule has 0 aliphatic carbocycles. The molecule has 2 rings (SSSR count). The zero-order chi connectivity index (χ0) is 15.2. The first kappa shape index (κ1) is 15.3. The van der Waals surface area contributed by atoms with Crippen LogP contribution >= 0.6 is 12.2 Å². The highest BCUT2D eigenvalue weighted by molar-refractivity contribution is 7.80. The Bertz CT molecular complexity index is 643. The Balaban J connectivity index is 2.33. The molecular formula is C16H17NO3S. The summed E-state index contributed by atoms with van der Waals surface area (Å²) in [7, 11) is 3.25. The van der Waals surface area contributed by atoms with Crippen molar-refractivity contribution < 1.29 is 14.2 Å². The summed E-state index contributed by atoms with van der Waals surface area (Å²) in [5, 5.41) is 0. The molecule has 4 nitrogen and oxygen atoms in total. The Kier molecular flexibility index (Phi) is 5.14. The van der Waals surface area contributed by atoms with Crippen LogP contribution in [0.15, 0.2) is 42.5 Å². The molecule has 2 aromatic rings. The summed E-state index contributed by atoms with van der Waals surface area (Å²) in [6.45, 7) is 0.525. The highest BCUT2D eigenvalue weighted by atomic mass is 32.1. The van der Waals surface area contributed by atoms with Crippen molar-refractivity contribution in [2.45, 2.75) is 6.61 Å². The van der Waals surface area contributed by atoms with Crippen LogP contribution in [0.4, 0.5) is 0 Å². The maximum absolute atomic E-state index is 5.90. The highest BCUT2D eigenvalue weighted by Gasteiger charge is 2.10. The minimum Gasteiger partial charge on any atom is -0.497 e. The number of methoxy groups -OCH3 is 2. The van der Waals surface area contributed by atoms with Crippen molar-refractivity contribution in [3.63, 3.8) is 0 Å². The molecule has 0 atom stereocenters. The van der Waals surface area contributed by atoms with E-state index >= 15 is 0 Å². The van der Waals surface area contributed by atoms with Gasteiger partial charge in [0.2, 0.25) is 0 Å². The summed E-state index contributed by atoms with van der Waals surface area (Å²) < 4.78 is 16.2. The van der Waals surface area contributed by atoms with Crippen LogP contribution < -0.4 is 15.2 Å². The lowest BCUT2D eigenvalue weighted by molar-refractivity contribution is 0.184. The minimum atomic E-state index is 0.278. The first-order valence-electron chi connectivity index (χ1n) is 6.37. The van der Waals surface area contributed by atoms with Gasteiger partial charge in [0.05, 0.1) is 19.3 Å². The van der Waals surface area contributed by atoms with E-state index in [-0.39, 0.29) is 4.99 Å². The number of hydrogen-bond donors (Lipinski definition) is 1. The van der Waals surface area contributed by atoms with Crippen LogP contribution in [0.1, 0.15) is 11.1 Å². The van der Waals surface area contributed by atoms with Gasteiger partial charge in [0.25, 0.3) is 0 Å². The molecule has 0 aliphatic rings. The van der Waals surface area contributed by atoms with E-state index in [0.29, 0.717) is 29.4 Å². The van der Waals surface area contributed by atoms with E-state index < -0.39 is 0 Å². The molecule has 0 aromatic heterocycles. The predicted octanol–water partition coefficient (Wildman–Crippen LogP) is 3.27. The fourth-order valence-electron chi connectivity index (χ4n) is 1.91. The fourth-order valence-corrected chi connectivity index (χ4v) is 2.08. The molecule has 2 aromatic carbocycles. The summed E-state index contributed by atoms with van der Waals surface area (Å²) in [6, 6.07) is 13.0. The van der Waals surface area contributed by atoms with Crippen molar-refractivity contribution in [2.75, 3.05) is 14.2 Å². The van der Waals surface area contributed by atoms with Crippen molar-refractivity contribution in [3.05, 3.63) is 53.6 Å². The van der Waals surface area contributed by atoms with Gasteiger partial charge in [-0.25, -0.2) is 0 Å². The first-order valence-corrected chi connectivity index (χ1v) is 6.78. The molecule has 0 spiro atoms. The van der Waals surface area contributed by atoms with Crippen molar-refractivity contribution >= 4 is 17.2 Å². The third-order valence-electron chi connectivity index (χ3n) is 2.89. The van der Waals surface area contributed by atoms with E-state index in [1.165, 1.54) is 0 Å². The van der Waals surface area contributed by atoms with Crippen LogP contribution in [0.5, 0.6) is 17.2 Å². The molecule has 0 bridgehead atoms. The molecule has 0 saturated heterocycles. The van der Waals surface area contributed by atoms with Crippen molar-refractivity contribution in [2.24, 2.45) is 5.73 Å². The minimum absolute atomic E-state index is 0.278. The van der Waals surface area contributed by atoms with Gasteiger partial charge in [0.15, 0.2) is 0 Å². The molecule has 0 fully saturated rings. The second-order valence-corrected chi connectivity index (χ2v) is 4.85. The number of ether oxygens (including phenoxy) is 3. The predicted molar refractivity (Wildman–Crippen MR) is 86.1 cm³/mol. The van der Waals surface area contributed by atoms with Gasteiger partial charge in [-0.05, 0) is 29.8 Å². The number of benzene rings is 2. The number of hydrogen-bond acceptors (Lipinski definition) is 4. The van der Waals surface area contributed by atoms with Crippen LogP contribution in [0.25, 0.3) is 0 Å². The second-order valence-electron chi connectivity index (χ2n) is 4.41. The van der Waals surface area contributed by atoms with Gasteiger partial charge in [-0.2, -0.15) is 0 Å². The summed E-state index contributed by atoms with van der Waals surface area (Å²) in [5.41, 5.74) is 7.42. The SMILES string of the molecule is COCc1cccc(Oc2cc(OC)ccc2C(N)=S)c1. The van der Waals surface area contributed by atoms with Crippen LogP contribution in [0.2, 0.25) is 0 Å². The lowest BCUT2D eigenvalue weighted by Gasteiger charge is -2.12. The quantitative estimate of drug-likeness (QED) is 0.830. The summed E-state index contributed by atoms with van der Waals surface area (Å²) >= 11 is 5.05. The second kappa shape index (κ2) is 7.06. The largest absolute Gasteiger partial charge is 0.497 e. The van der Waals surface area contributed by atoms with Gasteiger partial charge in [-0.3, -0.25) is 0 Å². The van der Waals surface area contributed by atoms with Gasteiger partial charge < -0.3 is 19.9 Å². The Morgan fingerprint density at radius 2 is 1.90 bits per heavy atom. The van der Waals surface area contributed by atoms with Crippen molar-refractivity contribution in [1.29, 1.82) is 0 Å². The third kappa shape index (κ3) is 3.93. The Morgan fingerprint density at radius 1 is 1.10 bits per heavy atom. The third-order valence-corrected chi connectivity index (χ3v) is 3.11. The number of thiocarbonyl (C=S) groups is 1. The smallest absolute Gasteiger partial charge is 0.141 e. The average molecular weight is 303 g/mol. The summed E-state index contributed by atoms with van der Waals surface area (Å²) in [5.74, 6) is 1.93. The fraction of sp³-hybridized carbons (Fsp3) is 0.188. The van der Waals surface area contributed by atoms with Gasteiger partial charge in [0.1, 0.15) is 22.2 Å². The van der Waals surface area contributed by atoms with Crippen LogP contribution in [-0.4, -0.2) is 19.2 Å². The Morgan fingerprint density at radius 3 is 2.57 bits per heavy atom. The summed E-state index contributed by atoms with van der Waals surface area (Å²) in [4.78, 5) is 0.278. The number of nitrogens with two attached hydrogens (primary N) is 1. The first-order chi connectivity index (χ1) is 10.1. The van der Waals surface area contributed by atoms with Crippen LogP contribution in [0, 0.1) is 0 Å². The molecule has 0 aliphatic heterocycles. The van der Waals surface area contributed by atoms with E-state index in [4.69, 9.17) is 32.2 Å².